The zero-order valence-corrected chi connectivity index (χ0v) is 11.5. The predicted molar refractivity (Wildman–Crippen MR) is 73.6 cm³/mol. The fraction of sp³-hybridized carbons (Fsp3) is 0.533. The molecule has 2 atom stereocenters. The Morgan fingerprint density at radius 1 is 1.53 bits per heavy atom. The van der Waals surface area contributed by atoms with E-state index in [-0.39, 0.29) is 0 Å². The van der Waals surface area contributed by atoms with Crippen molar-refractivity contribution >= 4 is 5.97 Å². The molecule has 19 heavy (non-hydrogen) atoms. The van der Waals surface area contributed by atoms with Gasteiger partial charge in [-0.2, -0.15) is 0 Å². The molecule has 2 N–H and O–H groups in total. The lowest BCUT2D eigenvalue weighted by Crippen LogP contribution is -2.50. The monoisotopic (exact) mass is 263 g/mol. The van der Waals surface area contributed by atoms with Crippen LogP contribution < -0.4 is 10.1 Å². The first kappa shape index (κ1) is 13.9. The highest BCUT2D eigenvalue weighted by molar-refractivity contribution is 5.78. The van der Waals surface area contributed by atoms with Gasteiger partial charge in [0.15, 0.2) is 0 Å². The Bertz CT molecular complexity index is 460. The number of para-hydroxylation sites is 1. The third-order valence-electron chi connectivity index (χ3n) is 4.00. The lowest BCUT2D eigenvalue weighted by molar-refractivity contribution is -0.144. The molecule has 104 valence electrons. The number of nitrogens with one attached hydrogen (secondary N) is 1. The molecule has 2 rings (SSSR count). The van der Waals surface area contributed by atoms with E-state index in [0.29, 0.717) is 25.5 Å². The molecule has 2 unspecified atom stereocenters. The Morgan fingerprint density at radius 3 is 2.95 bits per heavy atom. The van der Waals surface area contributed by atoms with Crippen molar-refractivity contribution in [1.82, 2.24) is 5.32 Å². The predicted octanol–water partition coefficient (Wildman–Crippen LogP) is 2.40. The van der Waals surface area contributed by atoms with Gasteiger partial charge in [0.25, 0.3) is 0 Å². The van der Waals surface area contributed by atoms with Gasteiger partial charge < -0.3 is 15.2 Å². The largest absolute Gasteiger partial charge is 0.493 e. The molecule has 0 spiro atoms. The molecule has 0 aliphatic carbocycles. The smallest absolute Gasteiger partial charge is 0.323 e. The summed E-state index contributed by atoms with van der Waals surface area (Å²) in [6.45, 7) is 4.98. The van der Waals surface area contributed by atoms with Crippen LogP contribution in [0.15, 0.2) is 24.3 Å². The highest BCUT2D eigenvalue weighted by atomic mass is 16.5. The minimum absolute atomic E-state index is 0.315. The molecule has 4 heteroatoms. The quantitative estimate of drug-likeness (QED) is 0.856. The maximum absolute atomic E-state index is 11.3. The molecule has 0 aromatic heterocycles. The number of fused-ring (bicyclic) bond motifs is 1. The van der Waals surface area contributed by atoms with Crippen LogP contribution in [0.1, 0.15) is 38.2 Å². The number of rotatable bonds is 5. The number of ether oxygens (including phenoxy) is 1. The molecule has 0 amide bonds. The number of carbonyl (C=O) groups is 1. The standard InChI is InChI=1S/C15H21NO3/c1-3-15(2,14(17)18)16-10-11-8-9-19-13-7-5-4-6-12(11)13/h4-7,11,16H,3,8-10H2,1-2H3,(H,17,18). The van der Waals surface area contributed by atoms with E-state index in [1.54, 1.807) is 6.92 Å². The van der Waals surface area contributed by atoms with Gasteiger partial charge in [-0.05, 0) is 31.4 Å². The first-order valence-corrected chi connectivity index (χ1v) is 6.77. The van der Waals surface area contributed by atoms with Gasteiger partial charge in [0.2, 0.25) is 0 Å². The van der Waals surface area contributed by atoms with E-state index in [1.165, 1.54) is 5.56 Å². The van der Waals surface area contributed by atoms with Crippen molar-refractivity contribution in [2.24, 2.45) is 0 Å². The number of carboxylic acids is 1. The van der Waals surface area contributed by atoms with Crippen molar-refractivity contribution in [1.29, 1.82) is 0 Å². The Kier molecular flexibility index (Phi) is 4.10. The summed E-state index contributed by atoms with van der Waals surface area (Å²) in [4.78, 5) is 11.3. The Morgan fingerprint density at radius 2 is 2.26 bits per heavy atom. The molecule has 1 aromatic carbocycles. The molecular formula is C15H21NO3. The summed E-state index contributed by atoms with van der Waals surface area (Å²) < 4.78 is 5.62. The van der Waals surface area contributed by atoms with Crippen molar-refractivity contribution in [3.63, 3.8) is 0 Å². The van der Waals surface area contributed by atoms with E-state index in [2.05, 4.69) is 11.4 Å². The van der Waals surface area contributed by atoms with E-state index in [0.717, 1.165) is 12.2 Å². The minimum atomic E-state index is -0.854. The topological polar surface area (TPSA) is 58.6 Å². The second-order valence-electron chi connectivity index (χ2n) is 5.24. The second-order valence-corrected chi connectivity index (χ2v) is 5.24. The van der Waals surface area contributed by atoms with Crippen LogP contribution in [0.2, 0.25) is 0 Å². The highest BCUT2D eigenvalue weighted by Crippen LogP contribution is 2.33. The number of hydrogen-bond donors (Lipinski definition) is 2. The zero-order chi connectivity index (χ0) is 13.9. The van der Waals surface area contributed by atoms with Crippen LogP contribution >= 0.6 is 0 Å². The van der Waals surface area contributed by atoms with Crippen LogP contribution in [-0.2, 0) is 4.79 Å². The summed E-state index contributed by atoms with van der Waals surface area (Å²) in [7, 11) is 0. The number of hydrogen-bond acceptors (Lipinski definition) is 3. The third kappa shape index (κ3) is 2.89. The van der Waals surface area contributed by atoms with Gasteiger partial charge in [-0.25, -0.2) is 0 Å². The van der Waals surface area contributed by atoms with Crippen LogP contribution in [0, 0.1) is 0 Å². The van der Waals surface area contributed by atoms with Crippen molar-refractivity contribution in [3.05, 3.63) is 29.8 Å². The third-order valence-corrected chi connectivity index (χ3v) is 4.00. The van der Waals surface area contributed by atoms with Crippen molar-refractivity contribution in [2.45, 2.75) is 38.1 Å². The van der Waals surface area contributed by atoms with Gasteiger partial charge in [-0.15, -0.1) is 0 Å². The van der Waals surface area contributed by atoms with Crippen molar-refractivity contribution in [3.8, 4) is 5.75 Å². The number of benzene rings is 1. The lowest BCUT2D eigenvalue weighted by Gasteiger charge is -2.30. The number of aliphatic carboxylic acids is 1. The van der Waals surface area contributed by atoms with Gasteiger partial charge in [0.1, 0.15) is 11.3 Å². The molecule has 0 saturated heterocycles. The van der Waals surface area contributed by atoms with Crippen LogP contribution in [0.3, 0.4) is 0 Å². The van der Waals surface area contributed by atoms with Gasteiger partial charge in [0, 0.05) is 12.5 Å². The van der Waals surface area contributed by atoms with Gasteiger partial charge in [0.05, 0.1) is 6.61 Å². The van der Waals surface area contributed by atoms with Gasteiger partial charge in [-0.1, -0.05) is 25.1 Å². The molecular weight excluding hydrogens is 242 g/mol. The Labute approximate surface area is 113 Å². The molecule has 0 fully saturated rings. The lowest BCUT2D eigenvalue weighted by atomic mass is 9.91. The average molecular weight is 263 g/mol. The normalized spacial score (nSPS) is 21.1. The van der Waals surface area contributed by atoms with Crippen LogP contribution in [0.25, 0.3) is 0 Å². The van der Waals surface area contributed by atoms with Crippen LogP contribution in [0.5, 0.6) is 5.75 Å². The summed E-state index contributed by atoms with van der Waals surface area (Å²) in [5, 5.41) is 12.5. The van der Waals surface area contributed by atoms with E-state index < -0.39 is 11.5 Å². The molecule has 1 aliphatic rings. The van der Waals surface area contributed by atoms with Gasteiger partial charge in [-0.3, -0.25) is 4.79 Å². The molecule has 0 saturated carbocycles. The molecule has 1 heterocycles. The Hall–Kier alpha value is -1.55. The fourth-order valence-electron chi connectivity index (χ4n) is 2.33. The maximum atomic E-state index is 11.3. The SMILES string of the molecule is CCC(C)(NCC1CCOc2ccccc21)C(=O)O. The summed E-state index contributed by atoms with van der Waals surface area (Å²) in [6, 6.07) is 7.99. The highest BCUT2D eigenvalue weighted by Gasteiger charge is 2.32. The van der Waals surface area contributed by atoms with Crippen molar-refractivity contribution < 1.29 is 14.6 Å². The summed E-state index contributed by atoms with van der Waals surface area (Å²) in [5.41, 5.74) is 0.317. The maximum Gasteiger partial charge on any atom is 0.323 e. The zero-order valence-electron chi connectivity index (χ0n) is 11.5. The molecule has 4 nitrogen and oxygen atoms in total. The average Bonchev–Trinajstić information content (AvgIpc) is 2.44. The summed E-state index contributed by atoms with van der Waals surface area (Å²) >= 11 is 0. The van der Waals surface area contributed by atoms with Gasteiger partial charge >= 0.3 is 5.97 Å². The summed E-state index contributed by atoms with van der Waals surface area (Å²) in [6.07, 6.45) is 1.48. The van der Waals surface area contributed by atoms with Crippen LogP contribution in [0.4, 0.5) is 0 Å². The molecule has 0 radical (unpaired) electrons. The molecule has 1 aliphatic heterocycles. The van der Waals surface area contributed by atoms with Crippen molar-refractivity contribution in [2.75, 3.05) is 13.2 Å². The van der Waals surface area contributed by atoms with E-state index in [1.807, 2.05) is 25.1 Å². The van der Waals surface area contributed by atoms with E-state index in [4.69, 9.17) is 4.74 Å². The van der Waals surface area contributed by atoms with E-state index >= 15 is 0 Å². The first-order chi connectivity index (χ1) is 9.07. The second kappa shape index (κ2) is 5.61. The fourth-order valence-corrected chi connectivity index (χ4v) is 2.33. The minimum Gasteiger partial charge on any atom is -0.493 e. The molecule has 1 aromatic rings. The van der Waals surface area contributed by atoms with Crippen LogP contribution in [-0.4, -0.2) is 29.8 Å². The molecule has 0 bridgehead atoms. The Balaban J connectivity index is 2.07. The summed E-state index contributed by atoms with van der Waals surface area (Å²) in [5.74, 6) is 0.444. The van der Waals surface area contributed by atoms with E-state index in [9.17, 15) is 9.90 Å². The first-order valence-electron chi connectivity index (χ1n) is 6.77. The number of carboxylic acid groups (broad SMARTS) is 1.